The second-order valence-electron chi connectivity index (χ2n) is 8.26. The predicted molar refractivity (Wildman–Crippen MR) is 118 cm³/mol. The van der Waals surface area contributed by atoms with E-state index in [1.54, 1.807) is 0 Å². The summed E-state index contributed by atoms with van der Waals surface area (Å²) >= 11 is 0. The molecule has 1 saturated heterocycles. The van der Waals surface area contributed by atoms with Crippen molar-refractivity contribution < 1.29 is 14.7 Å². The van der Waals surface area contributed by atoms with Crippen molar-refractivity contribution in [3.63, 3.8) is 0 Å². The number of benzene rings is 1. The normalized spacial score (nSPS) is 19.1. The molecule has 1 saturated carbocycles. The molecule has 0 spiro atoms. The van der Waals surface area contributed by atoms with Gasteiger partial charge in [-0.2, -0.15) is 0 Å². The van der Waals surface area contributed by atoms with Crippen molar-refractivity contribution in [1.82, 2.24) is 10.6 Å². The van der Waals surface area contributed by atoms with Gasteiger partial charge >= 0.3 is 5.97 Å². The van der Waals surface area contributed by atoms with Crippen LogP contribution in [0, 0.1) is 0 Å². The molecule has 1 heterocycles. The molecule has 2 fully saturated rings. The topological polar surface area (TPSA) is 116 Å². The summed E-state index contributed by atoms with van der Waals surface area (Å²) in [5.41, 5.74) is 10.3. The van der Waals surface area contributed by atoms with E-state index in [1.165, 1.54) is 30.5 Å². The lowest BCUT2D eigenvalue weighted by Crippen LogP contribution is -2.49. The van der Waals surface area contributed by atoms with Crippen LogP contribution in [0.25, 0.3) is 0 Å². The van der Waals surface area contributed by atoms with Gasteiger partial charge in [-0.3, -0.25) is 4.79 Å². The van der Waals surface area contributed by atoms with Crippen LogP contribution in [-0.2, 0) is 16.0 Å². The highest BCUT2D eigenvalue weighted by Gasteiger charge is 2.27. The summed E-state index contributed by atoms with van der Waals surface area (Å²) in [6, 6.07) is 6.62. The molecule has 30 heavy (non-hydrogen) atoms. The van der Waals surface area contributed by atoms with Crippen molar-refractivity contribution in [2.24, 2.45) is 5.73 Å². The Balaban J connectivity index is 1.58. The zero-order valence-electron chi connectivity index (χ0n) is 17.6. The molecule has 0 bridgehead atoms. The summed E-state index contributed by atoms with van der Waals surface area (Å²) in [5, 5.41) is 18.9. The van der Waals surface area contributed by atoms with E-state index in [1.807, 2.05) is 24.3 Å². The van der Waals surface area contributed by atoms with Gasteiger partial charge in [0.1, 0.15) is 6.04 Å². The Morgan fingerprint density at radius 1 is 1.17 bits per heavy atom. The van der Waals surface area contributed by atoms with Crippen molar-refractivity contribution in [3.8, 4) is 0 Å². The highest BCUT2D eigenvalue weighted by molar-refractivity contribution is 5.87. The molecule has 1 aliphatic heterocycles. The lowest BCUT2D eigenvalue weighted by atomic mass is 9.89. The van der Waals surface area contributed by atoms with E-state index in [9.17, 15) is 14.7 Å². The summed E-state index contributed by atoms with van der Waals surface area (Å²) in [4.78, 5) is 23.9. The molecule has 6 N–H and O–H groups in total. The maximum absolute atomic E-state index is 12.3. The Morgan fingerprint density at radius 2 is 1.93 bits per heavy atom. The number of hydrogen-bond donors (Lipinski definition) is 5. The van der Waals surface area contributed by atoms with Gasteiger partial charge < -0.3 is 26.8 Å². The van der Waals surface area contributed by atoms with Crippen LogP contribution >= 0.6 is 0 Å². The van der Waals surface area contributed by atoms with E-state index >= 15 is 0 Å². The van der Waals surface area contributed by atoms with Gasteiger partial charge in [0.2, 0.25) is 5.91 Å². The minimum absolute atomic E-state index is 0.229. The van der Waals surface area contributed by atoms with E-state index in [-0.39, 0.29) is 18.4 Å². The van der Waals surface area contributed by atoms with Crippen molar-refractivity contribution in [3.05, 3.63) is 41.1 Å². The number of unbranched alkanes of at least 4 members (excludes halogenated alkanes) is 1. The number of amides is 1. The van der Waals surface area contributed by atoms with E-state index < -0.39 is 12.0 Å². The maximum Gasteiger partial charge on any atom is 0.326 e. The minimum atomic E-state index is -1.01. The third-order valence-corrected chi connectivity index (χ3v) is 5.95. The fourth-order valence-corrected chi connectivity index (χ4v) is 3.94. The van der Waals surface area contributed by atoms with Gasteiger partial charge in [-0.15, -0.1) is 0 Å². The van der Waals surface area contributed by atoms with Gasteiger partial charge in [0, 0.05) is 17.8 Å². The first-order valence-electron chi connectivity index (χ1n) is 11.1. The quantitative estimate of drug-likeness (QED) is 0.355. The van der Waals surface area contributed by atoms with Gasteiger partial charge in [0.05, 0.1) is 6.04 Å². The molecule has 7 heteroatoms. The number of aliphatic carboxylic acids is 1. The molecule has 3 rings (SSSR count). The second kappa shape index (κ2) is 11.1. The lowest BCUT2D eigenvalue weighted by Gasteiger charge is -2.24. The highest BCUT2D eigenvalue weighted by Crippen LogP contribution is 2.31. The number of carboxylic acids is 1. The molecule has 1 aromatic carbocycles. The van der Waals surface area contributed by atoms with Gasteiger partial charge in [-0.05, 0) is 82.2 Å². The van der Waals surface area contributed by atoms with Crippen molar-refractivity contribution in [2.75, 3.05) is 18.4 Å². The SMILES string of the molecule is NCCCCC(Nc1ccc(CC(NC(=O)C2CCCN2)C(=O)O)cc1)=C1CCC1. The molecule has 1 amide bonds. The first-order valence-corrected chi connectivity index (χ1v) is 11.1. The van der Waals surface area contributed by atoms with Crippen LogP contribution in [0.4, 0.5) is 5.69 Å². The molecule has 2 atom stereocenters. The number of nitrogens with one attached hydrogen (secondary N) is 3. The summed E-state index contributed by atoms with van der Waals surface area (Å²) < 4.78 is 0. The summed E-state index contributed by atoms with van der Waals surface area (Å²) in [5.74, 6) is -1.24. The number of nitrogens with two attached hydrogens (primary N) is 1. The number of carboxylic acid groups (broad SMARTS) is 1. The van der Waals surface area contributed by atoms with Crippen LogP contribution in [-0.4, -0.2) is 42.2 Å². The molecule has 0 radical (unpaired) electrons. The first kappa shape index (κ1) is 22.3. The molecular formula is C23H34N4O3. The lowest BCUT2D eigenvalue weighted by molar-refractivity contribution is -0.142. The average molecular weight is 415 g/mol. The Bertz CT molecular complexity index is 748. The fraction of sp³-hybridized carbons (Fsp3) is 0.565. The summed E-state index contributed by atoms with van der Waals surface area (Å²) in [6.07, 6.45) is 8.66. The van der Waals surface area contributed by atoms with Gasteiger partial charge in [-0.25, -0.2) is 4.79 Å². The van der Waals surface area contributed by atoms with Gasteiger partial charge in [0.25, 0.3) is 0 Å². The minimum Gasteiger partial charge on any atom is -0.480 e. The second-order valence-corrected chi connectivity index (χ2v) is 8.26. The van der Waals surface area contributed by atoms with E-state index in [0.29, 0.717) is 0 Å². The first-order chi connectivity index (χ1) is 14.6. The predicted octanol–water partition coefficient (Wildman–Crippen LogP) is 2.53. The van der Waals surface area contributed by atoms with E-state index in [0.717, 1.165) is 56.4 Å². The highest BCUT2D eigenvalue weighted by atomic mass is 16.4. The van der Waals surface area contributed by atoms with Crippen LogP contribution in [0.5, 0.6) is 0 Å². The number of allylic oxidation sites excluding steroid dienone is 2. The monoisotopic (exact) mass is 414 g/mol. The standard InChI is InChI=1S/C23H34N4O3/c24-13-2-1-7-19(17-5-3-6-17)26-18-11-9-16(10-12-18)15-21(23(29)30)27-22(28)20-8-4-14-25-20/h9-12,20-21,25-26H,1-8,13-15,24H2,(H,27,28)(H,29,30). The smallest absolute Gasteiger partial charge is 0.326 e. The average Bonchev–Trinajstić information content (AvgIpc) is 3.22. The Morgan fingerprint density at radius 3 is 2.50 bits per heavy atom. The maximum atomic E-state index is 12.3. The van der Waals surface area contributed by atoms with Crippen molar-refractivity contribution in [1.29, 1.82) is 0 Å². The third kappa shape index (κ3) is 6.31. The van der Waals surface area contributed by atoms with Crippen molar-refractivity contribution in [2.45, 2.75) is 69.9 Å². The van der Waals surface area contributed by atoms with Crippen LogP contribution in [0.3, 0.4) is 0 Å². The number of carbonyl (C=O) groups is 2. The number of anilines is 1. The third-order valence-electron chi connectivity index (χ3n) is 5.95. The van der Waals surface area contributed by atoms with Crippen LogP contribution < -0.4 is 21.7 Å². The molecule has 0 aromatic heterocycles. The molecule has 1 aromatic rings. The molecule has 1 aliphatic carbocycles. The van der Waals surface area contributed by atoms with E-state index in [2.05, 4.69) is 16.0 Å². The largest absolute Gasteiger partial charge is 0.480 e. The zero-order valence-corrected chi connectivity index (χ0v) is 17.6. The fourth-order valence-electron chi connectivity index (χ4n) is 3.94. The Labute approximate surface area is 178 Å². The summed E-state index contributed by atoms with van der Waals surface area (Å²) in [6.45, 7) is 1.52. The molecule has 2 aliphatic rings. The Hall–Kier alpha value is -2.38. The van der Waals surface area contributed by atoms with Crippen molar-refractivity contribution >= 4 is 17.6 Å². The molecule has 7 nitrogen and oxygen atoms in total. The molecular weight excluding hydrogens is 380 g/mol. The number of hydrogen-bond acceptors (Lipinski definition) is 5. The van der Waals surface area contributed by atoms with Gasteiger partial charge in [-0.1, -0.05) is 17.7 Å². The van der Waals surface area contributed by atoms with Crippen LogP contribution in [0.2, 0.25) is 0 Å². The molecule has 2 unspecified atom stereocenters. The van der Waals surface area contributed by atoms with E-state index in [4.69, 9.17) is 5.73 Å². The molecule has 164 valence electrons. The van der Waals surface area contributed by atoms with Crippen LogP contribution in [0.1, 0.15) is 56.9 Å². The summed E-state index contributed by atoms with van der Waals surface area (Å²) in [7, 11) is 0. The Kier molecular flexibility index (Phi) is 8.28. The van der Waals surface area contributed by atoms with Gasteiger partial charge in [0.15, 0.2) is 0 Å². The zero-order chi connectivity index (χ0) is 21.3. The number of rotatable bonds is 11. The number of carbonyl (C=O) groups excluding carboxylic acids is 1. The van der Waals surface area contributed by atoms with Crippen LogP contribution in [0.15, 0.2) is 35.5 Å².